The highest BCUT2D eigenvalue weighted by molar-refractivity contribution is 5.73. The highest BCUT2D eigenvalue weighted by Crippen LogP contribution is 2.47. The van der Waals surface area contributed by atoms with Crippen molar-refractivity contribution in [2.24, 2.45) is 5.73 Å². The minimum absolute atomic E-state index is 0.0985. The summed E-state index contributed by atoms with van der Waals surface area (Å²) in [6, 6.07) is 13.6. The van der Waals surface area contributed by atoms with Gasteiger partial charge in [-0.15, -0.1) is 5.10 Å². The monoisotopic (exact) mass is 392 g/mol. The first-order valence-electron chi connectivity index (χ1n) is 8.71. The van der Waals surface area contributed by atoms with Crippen molar-refractivity contribution in [3.63, 3.8) is 0 Å². The minimum Gasteiger partial charge on any atom is -0.493 e. The number of hydrogen-bond acceptors (Lipinski definition) is 6. The molecule has 0 fully saturated rings. The van der Waals surface area contributed by atoms with E-state index in [0.717, 1.165) is 0 Å². The van der Waals surface area contributed by atoms with Crippen molar-refractivity contribution in [2.45, 2.75) is 5.92 Å². The van der Waals surface area contributed by atoms with E-state index in [1.807, 2.05) is 0 Å². The van der Waals surface area contributed by atoms with Crippen LogP contribution >= 0.6 is 0 Å². The van der Waals surface area contributed by atoms with E-state index in [-0.39, 0.29) is 17.3 Å². The largest absolute Gasteiger partial charge is 0.493 e. The average Bonchev–Trinajstić information content (AvgIpc) is 3.16. The van der Waals surface area contributed by atoms with Crippen molar-refractivity contribution < 1.29 is 18.6 Å². The molecule has 0 amide bonds. The lowest BCUT2D eigenvalue weighted by molar-refractivity contribution is 0.355. The summed E-state index contributed by atoms with van der Waals surface area (Å²) in [5, 5.41) is 16.8. The molecular formula is C21H17FN4O3. The van der Waals surface area contributed by atoms with Gasteiger partial charge in [0.25, 0.3) is 0 Å². The lowest BCUT2D eigenvalue weighted by Crippen LogP contribution is -2.21. The molecule has 0 saturated carbocycles. The number of ether oxygens (including phenoxy) is 3. The molecule has 2 heterocycles. The second-order valence-electron chi connectivity index (χ2n) is 6.33. The van der Waals surface area contributed by atoms with Crippen molar-refractivity contribution in [1.82, 2.24) is 10.2 Å². The van der Waals surface area contributed by atoms with Gasteiger partial charge in [-0.1, -0.05) is 18.2 Å². The first kappa shape index (κ1) is 18.4. The molecular weight excluding hydrogens is 375 g/mol. The number of aromatic nitrogens is 2. The topological polar surface area (TPSA) is 106 Å². The van der Waals surface area contributed by atoms with Gasteiger partial charge in [-0.3, -0.25) is 5.10 Å². The van der Waals surface area contributed by atoms with E-state index in [9.17, 15) is 9.65 Å². The van der Waals surface area contributed by atoms with Crippen LogP contribution in [-0.4, -0.2) is 24.4 Å². The van der Waals surface area contributed by atoms with Crippen molar-refractivity contribution in [3.8, 4) is 34.7 Å². The summed E-state index contributed by atoms with van der Waals surface area (Å²) < 4.78 is 30.9. The molecule has 0 unspecified atom stereocenters. The number of allylic oxidation sites excluding steroid dienone is 1. The van der Waals surface area contributed by atoms with Crippen LogP contribution in [0.1, 0.15) is 17.0 Å². The number of nitrogens with one attached hydrogen (secondary N) is 1. The number of benzene rings is 2. The van der Waals surface area contributed by atoms with Gasteiger partial charge in [0, 0.05) is 11.1 Å². The minimum atomic E-state index is -0.771. The molecule has 1 aromatic heterocycles. The fourth-order valence-electron chi connectivity index (χ4n) is 3.48. The lowest BCUT2D eigenvalue weighted by atomic mass is 9.82. The van der Waals surface area contributed by atoms with Crippen LogP contribution in [-0.2, 0) is 0 Å². The Morgan fingerprint density at radius 3 is 2.62 bits per heavy atom. The zero-order valence-electron chi connectivity index (χ0n) is 15.7. The van der Waals surface area contributed by atoms with E-state index in [1.165, 1.54) is 13.2 Å². The fraction of sp³-hybridized carbons (Fsp3) is 0.143. The van der Waals surface area contributed by atoms with Crippen LogP contribution in [0.2, 0.25) is 0 Å². The predicted molar refractivity (Wildman–Crippen MR) is 103 cm³/mol. The number of fused-ring (bicyclic) bond motifs is 1. The smallest absolute Gasteiger partial charge is 0.244 e. The second-order valence-corrected chi connectivity index (χ2v) is 6.33. The van der Waals surface area contributed by atoms with Crippen molar-refractivity contribution in [1.29, 1.82) is 5.26 Å². The van der Waals surface area contributed by atoms with Crippen molar-refractivity contribution in [3.05, 3.63) is 70.9 Å². The number of nitrogens with two attached hydrogens (primary N) is 1. The van der Waals surface area contributed by atoms with Gasteiger partial charge in [0.1, 0.15) is 17.5 Å². The summed E-state index contributed by atoms with van der Waals surface area (Å²) in [7, 11) is 3.08. The summed E-state index contributed by atoms with van der Waals surface area (Å²) in [4.78, 5) is 0. The molecule has 0 saturated heterocycles. The molecule has 3 aromatic rings. The summed E-state index contributed by atoms with van der Waals surface area (Å²) in [5.74, 6) is -0.0493. The Hall–Kier alpha value is -3.99. The van der Waals surface area contributed by atoms with E-state index in [4.69, 9.17) is 19.9 Å². The van der Waals surface area contributed by atoms with Gasteiger partial charge < -0.3 is 19.9 Å². The van der Waals surface area contributed by atoms with Crippen LogP contribution in [0.15, 0.2) is 53.9 Å². The highest BCUT2D eigenvalue weighted by atomic mass is 19.1. The summed E-state index contributed by atoms with van der Waals surface area (Å²) >= 11 is 0. The number of nitriles is 1. The number of methoxy groups -OCH3 is 2. The van der Waals surface area contributed by atoms with Gasteiger partial charge >= 0.3 is 0 Å². The Bertz CT molecular complexity index is 1160. The van der Waals surface area contributed by atoms with Gasteiger partial charge in [-0.05, 0) is 24.3 Å². The Morgan fingerprint density at radius 2 is 1.93 bits per heavy atom. The van der Waals surface area contributed by atoms with Crippen LogP contribution < -0.4 is 19.9 Å². The maximum absolute atomic E-state index is 14.7. The maximum Gasteiger partial charge on any atom is 0.244 e. The average molecular weight is 392 g/mol. The molecule has 0 radical (unpaired) electrons. The Morgan fingerprint density at radius 1 is 1.17 bits per heavy atom. The molecule has 146 valence electrons. The summed E-state index contributed by atoms with van der Waals surface area (Å²) in [5.41, 5.74) is 8.15. The van der Waals surface area contributed by atoms with E-state index in [1.54, 1.807) is 43.5 Å². The van der Waals surface area contributed by atoms with Gasteiger partial charge in [0.2, 0.25) is 11.8 Å². The molecule has 29 heavy (non-hydrogen) atoms. The molecule has 3 N–H and O–H groups in total. The zero-order chi connectivity index (χ0) is 20.5. The van der Waals surface area contributed by atoms with E-state index in [2.05, 4.69) is 16.3 Å². The zero-order valence-corrected chi connectivity index (χ0v) is 15.7. The number of H-pyrrole nitrogens is 1. The summed E-state index contributed by atoms with van der Waals surface area (Å²) in [6.45, 7) is 0. The Labute approximate surface area is 166 Å². The second kappa shape index (κ2) is 7.20. The van der Waals surface area contributed by atoms with Crippen LogP contribution in [0.25, 0.3) is 11.3 Å². The first-order valence-corrected chi connectivity index (χ1v) is 8.71. The maximum atomic E-state index is 14.7. The molecule has 8 heteroatoms. The van der Waals surface area contributed by atoms with E-state index >= 15 is 0 Å². The number of rotatable bonds is 4. The molecule has 0 bridgehead atoms. The summed E-state index contributed by atoms with van der Waals surface area (Å²) in [6.07, 6.45) is 0. The third-order valence-electron chi connectivity index (χ3n) is 4.83. The highest BCUT2D eigenvalue weighted by Gasteiger charge is 2.37. The molecule has 2 aromatic carbocycles. The van der Waals surface area contributed by atoms with Crippen LogP contribution in [0.4, 0.5) is 4.39 Å². The van der Waals surface area contributed by atoms with Crippen LogP contribution in [0.3, 0.4) is 0 Å². The molecule has 0 aliphatic carbocycles. The molecule has 7 nitrogen and oxygen atoms in total. The fourth-order valence-corrected chi connectivity index (χ4v) is 3.48. The van der Waals surface area contributed by atoms with Crippen LogP contribution in [0.5, 0.6) is 17.4 Å². The number of hydrogen-bond donors (Lipinski definition) is 2. The third kappa shape index (κ3) is 2.93. The molecule has 1 aliphatic rings. The number of nitrogens with zero attached hydrogens (tertiary/aromatic N) is 2. The van der Waals surface area contributed by atoms with E-state index in [0.29, 0.717) is 33.9 Å². The quantitative estimate of drug-likeness (QED) is 0.704. The van der Waals surface area contributed by atoms with Gasteiger partial charge in [-0.25, -0.2) is 4.39 Å². The van der Waals surface area contributed by atoms with Crippen molar-refractivity contribution in [2.75, 3.05) is 14.2 Å². The lowest BCUT2D eigenvalue weighted by Gasteiger charge is -2.24. The normalized spacial score (nSPS) is 15.3. The first-order chi connectivity index (χ1) is 14.1. The van der Waals surface area contributed by atoms with Gasteiger partial charge in [-0.2, -0.15) is 5.26 Å². The predicted octanol–water partition coefficient (Wildman–Crippen LogP) is 3.45. The number of aromatic amines is 1. The number of halogens is 1. The molecule has 4 rings (SSSR count). The molecule has 1 aliphatic heterocycles. The third-order valence-corrected chi connectivity index (χ3v) is 4.83. The van der Waals surface area contributed by atoms with Crippen LogP contribution in [0, 0.1) is 17.1 Å². The van der Waals surface area contributed by atoms with Crippen molar-refractivity contribution >= 4 is 0 Å². The standard InChI is InChI=1S/C21H17FN4O3/c1-27-15-8-7-11(9-16(15)28-2)19-18-17(12-5-3-4-6-14(12)22)13(10-23)20(24)29-21(18)26-25-19/h3-9,17H,24H2,1-2H3,(H,25,26)/t17-/m0/s1. The Balaban J connectivity index is 1.95. The Kier molecular flexibility index (Phi) is 4.56. The molecule has 1 atom stereocenters. The van der Waals surface area contributed by atoms with Gasteiger partial charge in [0.15, 0.2) is 11.5 Å². The SMILES string of the molecule is COc1ccc(-c2[nH]nc3c2[C@@H](c2ccccc2F)C(C#N)=C(N)O3)cc1OC. The van der Waals surface area contributed by atoms with Gasteiger partial charge in [0.05, 0.1) is 31.4 Å². The molecule has 0 spiro atoms. The van der Waals surface area contributed by atoms with E-state index < -0.39 is 11.7 Å².